The van der Waals surface area contributed by atoms with E-state index in [2.05, 4.69) is 11.9 Å². The zero-order valence-electron chi connectivity index (χ0n) is 10.6. The summed E-state index contributed by atoms with van der Waals surface area (Å²) in [5.41, 5.74) is 0.341. The van der Waals surface area contributed by atoms with Crippen LogP contribution in [0.2, 0.25) is 0 Å². The molecule has 0 spiro atoms. The molecular weight excluding hydrogens is 224 g/mol. The zero-order valence-corrected chi connectivity index (χ0v) is 10.6. The fraction of sp³-hybridized carbons (Fsp3) is 0.636. The third-order valence-electron chi connectivity index (χ3n) is 1.94. The Morgan fingerprint density at radius 1 is 1.35 bits per heavy atom. The van der Waals surface area contributed by atoms with Crippen molar-refractivity contribution in [2.75, 3.05) is 40.5 Å². The fourth-order valence-electron chi connectivity index (χ4n) is 0.890. The highest BCUT2D eigenvalue weighted by Gasteiger charge is 2.07. The maximum absolute atomic E-state index is 11.4. The summed E-state index contributed by atoms with van der Waals surface area (Å²) in [4.78, 5) is 23.9. The third-order valence-corrected chi connectivity index (χ3v) is 1.94. The van der Waals surface area contributed by atoms with E-state index in [0.717, 1.165) is 0 Å². The number of nitrogens with zero attached hydrogens (tertiary/aromatic N) is 1. The smallest absolute Gasteiger partial charge is 0.333 e. The molecule has 0 saturated carbocycles. The van der Waals surface area contributed by atoms with Crippen LogP contribution in [0.3, 0.4) is 0 Å². The van der Waals surface area contributed by atoms with E-state index in [0.29, 0.717) is 18.7 Å². The largest absolute Gasteiger partial charge is 0.460 e. The van der Waals surface area contributed by atoms with Crippen molar-refractivity contribution in [3.05, 3.63) is 12.2 Å². The van der Waals surface area contributed by atoms with Gasteiger partial charge in [-0.1, -0.05) is 6.58 Å². The SMILES string of the molecule is C=C(C)C(=O)OCCNC(=O)N(C)CCOC. The van der Waals surface area contributed by atoms with Crippen LogP contribution in [-0.4, -0.2) is 57.4 Å². The highest BCUT2D eigenvalue weighted by Crippen LogP contribution is 1.91. The second kappa shape index (κ2) is 8.58. The van der Waals surface area contributed by atoms with Crippen molar-refractivity contribution in [2.45, 2.75) is 6.92 Å². The fourth-order valence-corrected chi connectivity index (χ4v) is 0.890. The summed E-state index contributed by atoms with van der Waals surface area (Å²) in [6, 6.07) is -0.228. The number of carbonyl (C=O) groups is 2. The topological polar surface area (TPSA) is 67.9 Å². The maximum Gasteiger partial charge on any atom is 0.333 e. The van der Waals surface area contributed by atoms with Crippen molar-refractivity contribution >= 4 is 12.0 Å². The second-order valence-corrected chi connectivity index (χ2v) is 3.56. The highest BCUT2D eigenvalue weighted by atomic mass is 16.5. The first-order valence-electron chi connectivity index (χ1n) is 5.29. The molecule has 6 heteroatoms. The number of esters is 1. The summed E-state index contributed by atoms with van der Waals surface area (Å²) in [5, 5.41) is 2.61. The Hall–Kier alpha value is -1.56. The Morgan fingerprint density at radius 3 is 2.53 bits per heavy atom. The van der Waals surface area contributed by atoms with E-state index in [1.54, 1.807) is 21.1 Å². The number of amides is 2. The predicted molar refractivity (Wildman–Crippen MR) is 63.7 cm³/mol. The number of nitrogens with one attached hydrogen (secondary N) is 1. The van der Waals surface area contributed by atoms with E-state index >= 15 is 0 Å². The van der Waals surface area contributed by atoms with Gasteiger partial charge in [0.15, 0.2) is 0 Å². The van der Waals surface area contributed by atoms with Gasteiger partial charge in [-0.15, -0.1) is 0 Å². The Kier molecular flexibility index (Phi) is 7.79. The molecule has 98 valence electrons. The molecule has 0 aromatic rings. The molecule has 0 aromatic heterocycles. The number of carbonyl (C=O) groups excluding carboxylic acids is 2. The lowest BCUT2D eigenvalue weighted by atomic mass is 10.4. The van der Waals surface area contributed by atoms with E-state index in [9.17, 15) is 9.59 Å². The first-order chi connectivity index (χ1) is 7.99. The van der Waals surface area contributed by atoms with Gasteiger partial charge < -0.3 is 19.7 Å². The molecule has 0 aliphatic heterocycles. The number of urea groups is 1. The first-order valence-corrected chi connectivity index (χ1v) is 5.29. The normalized spacial score (nSPS) is 9.59. The first kappa shape index (κ1) is 15.4. The van der Waals surface area contributed by atoms with E-state index < -0.39 is 5.97 Å². The van der Waals surface area contributed by atoms with E-state index in [4.69, 9.17) is 9.47 Å². The van der Waals surface area contributed by atoms with Gasteiger partial charge in [-0.25, -0.2) is 9.59 Å². The average molecular weight is 244 g/mol. The van der Waals surface area contributed by atoms with Gasteiger partial charge in [0.05, 0.1) is 13.2 Å². The molecule has 0 saturated heterocycles. The van der Waals surface area contributed by atoms with Gasteiger partial charge in [0.25, 0.3) is 0 Å². The average Bonchev–Trinajstić information content (AvgIpc) is 2.30. The van der Waals surface area contributed by atoms with Crippen LogP contribution in [0.5, 0.6) is 0 Å². The summed E-state index contributed by atoms with van der Waals surface area (Å²) in [6.45, 7) is 6.41. The Balaban J connectivity index is 3.64. The molecule has 0 radical (unpaired) electrons. The van der Waals surface area contributed by atoms with Crippen LogP contribution >= 0.6 is 0 Å². The van der Waals surface area contributed by atoms with Crippen LogP contribution in [0.25, 0.3) is 0 Å². The zero-order chi connectivity index (χ0) is 13.3. The molecule has 6 nitrogen and oxygen atoms in total. The number of rotatable bonds is 7. The number of likely N-dealkylation sites (N-methyl/N-ethyl adjacent to an activating group) is 1. The van der Waals surface area contributed by atoms with E-state index in [1.165, 1.54) is 4.90 Å². The third kappa shape index (κ3) is 7.35. The molecular formula is C11H20N2O4. The van der Waals surface area contributed by atoms with Crippen molar-refractivity contribution in [1.82, 2.24) is 10.2 Å². The minimum Gasteiger partial charge on any atom is -0.460 e. The Labute approximate surface area is 102 Å². The second-order valence-electron chi connectivity index (χ2n) is 3.56. The van der Waals surface area contributed by atoms with Crippen molar-refractivity contribution in [2.24, 2.45) is 0 Å². The lowest BCUT2D eigenvalue weighted by Gasteiger charge is -2.17. The van der Waals surface area contributed by atoms with Crippen molar-refractivity contribution in [3.63, 3.8) is 0 Å². The highest BCUT2D eigenvalue weighted by molar-refractivity contribution is 5.86. The number of methoxy groups -OCH3 is 1. The van der Waals surface area contributed by atoms with Crippen LogP contribution in [0, 0.1) is 0 Å². The van der Waals surface area contributed by atoms with Gasteiger partial charge in [0.1, 0.15) is 6.61 Å². The summed E-state index contributed by atoms with van der Waals surface area (Å²) < 4.78 is 9.66. The Bertz CT molecular complexity index is 279. The number of ether oxygens (including phenoxy) is 2. The van der Waals surface area contributed by atoms with Crippen LogP contribution in [0.1, 0.15) is 6.92 Å². The Morgan fingerprint density at radius 2 is 2.00 bits per heavy atom. The van der Waals surface area contributed by atoms with Gasteiger partial charge in [-0.3, -0.25) is 0 Å². The van der Waals surface area contributed by atoms with Gasteiger partial charge in [0, 0.05) is 26.3 Å². The molecule has 0 aromatic carbocycles. The minimum atomic E-state index is -0.452. The molecule has 17 heavy (non-hydrogen) atoms. The molecule has 2 amide bonds. The van der Waals surface area contributed by atoms with Crippen LogP contribution in [-0.2, 0) is 14.3 Å². The molecule has 0 bridgehead atoms. The van der Waals surface area contributed by atoms with E-state index in [-0.39, 0.29) is 19.2 Å². The maximum atomic E-state index is 11.4. The summed E-state index contributed by atoms with van der Waals surface area (Å²) >= 11 is 0. The van der Waals surface area contributed by atoms with Crippen LogP contribution in [0.15, 0.2) is 12.2 Å². The lowest BCUT2D eigenvalue weighted by molar-refractivity contribution is -0.138. The molecule has 0 heterocycles. The van der Waals surface area contributed by atoms with Crippen LogP contribution < -0.4 is 5.32 Å². The summed E-state index contributed by atoms with van der Waals surface area (Å²) in [7, 11) is 3.23. The number of hydrogen-bond acceptors (Lipinski definition) is 4. The van der Waals surface area contributed by atoms with Gasteiger partial charge >= 0.3 is 12.0 Å². The van der Waals surface area contributed by atoms with Crippen molar-refractivity contribution in [3.8, 4) is 0 Å². The summed E-state index contributed by atoms with van der Waals surface area (Å²) in [5.74, 6) is -0.452. The monoisotopic (exact) mass is 244 g/mol. The van der Waals surface area contributed by atoms with Crippen molar-refractivity contribution in [1.29, 1.82) is 0 Å². The van der Waals surface area contributed by atoms with Gasteiger partial charge in [0.2, 0.25) is 0 Å². The number of hydrogen-bond donors (Lipinski definition) is 1. The molecule has 0 aliphatic rings. The molecule has 0 unspecified atom stereocenters. The molecule has 0 fully saturated rings. The molecule has 0 aliphatic carbocycles. The minimum absolute atomic E-state index is 0.134. The summed E-state index contributed by atoms with van der Waals surface area (Å²) in [6.07, 6.45) is 0. The predicted octanol–water partition coefficient (Wildman–Crippen LogP) is 0.393. The molecule has 0 rings (SSSR count). The molecule has 1 N–H and O–H groups in total. The van der Waals surface area contributed by atoms with E-state index in [1.807, 2.05) is 0 Å². The van der Waals surface area contributed by atoms with Crippen LogP contribution in [0.4, 0.5) is 4.79 Å². The standard InChI is InChI=1S/C11H20N2O4/c1-9(2)10(14)17-7-5-12-11(15)13(3)6-8-16-4/h1,5-8H2,2-4H3,(H,12,15). The molecule has 0 atom stereocenters. The quantitative estimate of drug-likeness (QED) is 0.400. The van der Waals surface area contributed by atoms with Crippen molar-refractivity contribution < 1.29 is 19.1 Å². The lowest BCUT2D eigenvalue weighted by Crippen LogP contribution is -2.40. The van der Waals surface area contributed by atoms with Gasteiger partial charge in [-0.05, 0) is 6.92 Å². The van der Waals surface area contributed by atoms with Gasteiger partial charge in [-0.2, -0.15) is 0 Å².